The lowest BCUT2D eigenvalue weighted by molar-refractivity contribution is -0.395. The summed E-state index contributed by atoms with van der Waals surface area (Å²) in [5, 5.41) is 19.9. The highest BCUT2D eigenvalue weighted by Gasteiger charge is 2.21. The minimum atomic E-state index is -0.703. The van der Waals surface area contributed by atoms with Crippen LogP contribution < -0.4 is 22.1 Å². The molecule has 226 valence electrons. The van der Waals surface area contributed by atoms with Crippen LogP contribution >= 0.6 is 21.6 Å². The molecular formula is C38H31N4O2S2+. The summed E-state index contributed by atoms with van der Waals surface area (Å²) in [6.07, 6.45) is 0. The summed E-state index contributed by atoms with van der Waals surface area (Å²) in [4.78, 5) is 26.3. The van der Waals surface area contributed by atoms with Gasteiger partial charge in [-0.25, -0.2) is 0 Å². The molecule has 8 aromatic rings. The van der Waals surface area contributed by atoms with E-state index in [1.807, 2.05) is 18.2 Å². The first-order valence-electron chi connectivity index (χ1n) is 15.2. The Hall–Kier alpha value is -4.60. The second-order valence-electron chi connectivity index (χ2n) is 11.8. The van der Waals surface area contributed by atoms with E-state index in [1.54, 1.807) is 0 Å². The summed E-state index contributed by atoms with van der Waals surface area (Å²) in [6.45, 7) is 0. The first kappa shape index (κ1) is 28.8. The van der Waals surface area contributed by atoms with Gasteiger partial charge in [-0.3, -0.25) is 9.59 Å². The van der Waals surface area contributed by atoms with Gasteiger partial charge in [0.1, 0.15) is 0 Å². The summed E-state index contributed by atoms with van der Waals surface area (Å²) < 4.78 is 0. The third-order valence-electron chi connectivity index (χ3n) is 8.88. The number of hydrogen-bond donors (Lipinski definition) is 4. The van der Waals surface area contributed by atoms with Gasteiger partial charge >= 0.3 is 0 Å². The molecule has 0 aliphatic rings. The van der Waals surface area contributed by atoms with E-state index in [1.165, 1.54) is 53.9 Å². The zero-order valence-corrected chi connectivity index (χ0v) is 26.5. The zero-order valence-electron chi connectivity index (χ0n) is 24.9. The molecule has 0 saturated carbocycles. The molecule has 0 bridgehead atoms. The fraction of sp³-hybridized carbons (Fsp3) is 0.105. The predicted molar refractivity (Wildman–Crippen MR) is 197 cm³/mol. The van der Waals surface area contributed by atoms with Crippen molar-refractivity contribution < 1.29 is 15.3 Å². The van der Waals surface area contributed by atoms with Gasteiger partial charge in [-0.2, -0.15) is 0 Å². The molecule has 0 unspecified atom stereocenters. The Morgan fingerprint density at radius 3 is 1.43 bits per heavy atom. The van der Waals surface area contributed by atoms with Gasteiger partial charge in [0.05, 0.1) is 11.8 Å². The third-order valence-corrected chi connectivity index (χ3v) is 11.4. The lowest BCUT2D eigenvalue weighted by Gasteiger charge is -2.17. The van der Waals surface area contributed by atoms with Crippen molar-refractivity contribution in [3.05, 3.63) is 109 Å². The average molecular weight is 640 g/mol. The van der Waals surface area contributed by atoms with Crippen LogP contribution in [-0.2, 0) is 9.59 Å². The molecule has 0 aliphatic carbocycles. The number of nitrogens with two attached hydrogens (primary N) is 1. The van der Waals surface area contributed by atoms with E-state index in [-0.39, 0.29) is 11.8 Å². The van der Waals surface area contributed by atoms with Gasteiger partial charge in [0, 0.05) is 27.9 Å². The van der Waals surface area contributed by atoms with Crippen LogP contribution in [0.15, 0.2) is 109 Å². The van der Waals surface area contributed by atoms with E-state index >= 15 is 0 Å². The molecule has 2 amide bonds. The number of carbonyl (C=O) groups excluding carboxylic acids is 2. The van der Waals surface area contributed by atoms with Crippen LogP contribution in [0.3, 0.4) is 0 Å². The highest BCUT2D eigenvalue weighted by molar-refractivity contribution is 8.76. The molecular weight excluding hydrogens is 609 g/mol. The Morgan fingerprint density at radius 1 is 0.543 bits per heavy atom. The number of benzene rings is 8. The SMILES string of the molecule is N[C@@H](CSSC[C@H]([NH3+])C(=O)Nc1ccc2ccc3cccc4ccc1c2c34)C(=O)Nc1ccc2ccc3cccc4ccc1c2c34. The topological polar surface area (TPSA) is 112 Å². The quantitative estimate of drug-likeness (QED) is 0.0748. The molecule has 8 rings (SSSR count). The molecule has 6 nitrogen and oxygen atoms in total. The Bertz CT molecular complexity index is 2230. The summed E-state index contributed by atoms with van der Waals surface area (Å²) in [7, 11) is 2.98. The number of hydrogen-bond acceptors (Lipinski definition) is 5. The molecule has 2 atom stereocenters. The second kappa shape index (κ2) is 11.6. The minimum Gasteiger partial charge on any atom is -0.347 e. The van der Waals surface area contributed by atoms with Crippen LogP contribution in [-0.4, -0.2) is 35.4 Å². The molecule has 8 heteroatoms. The number of carbonyl (C=O) groups is 2. The maximum absolute atomic E-state index is 13.2. The summed E-state index contributed by atoms with van der Waals surface area (Å²) in [6, 6.07) is 36.3. The normalized spacial score (nSPS) is 13.3. The number of amides is 2. The Kier molecular flexibility index (Phi) is 7.30. The summed E-state index contributed by atoms with van der Waals surface area (Å²) in [5.74, 6) is 0.525. The lowest BCUT2D eigenvalue weighted by Crippen LogP contribution is -2.67. The molecule has 46 heavy (non-hydrogen) atoms. The largest absolute Gasteiger partial charge is 0.347 e. The minimum absolute atomic E-state index is 0.140. The average Bonchev–Trinajstić information content (AvgIpc) is 3.09. The monoisotopic (exact) mass is 639 g/mol. The fourth-order valence-electron chi connectivity index (χ4n) is 6.55. The molecule has 0 aromatic heterocycles. The molecule has 0 aliphatic heterocycles. The second-order valence-corrected chi connectivity index (χ2v) is 14.3. The van der Waals surface area contributed by atoms with E-state index in [4.69, 9.17) is 5.73 Å². The van der Waals surface area contributed by atoms with Crippen molar-refractivity contribution in [1.82, 2.24) is 0 Å². The molecule has 7 N–H and O–H groups in total. The van der Waals surface area contributed by atoms with Crippen LogP contribution in [0.25, 0.3) is 64.6 Å². The molecule has 0 spiro atoms. The van der Waals surface area contributed by atoms with E-state index in [9.17, 15) is 9.59 Å². The molecule has 0 heterocycles. The van der Waals surface area contributed by atoms with Gasteiger partial charge in [0.2, 0.25) is 5.91 Å². The van der Waals surface area contributed by atoms with Crippen LogP contribution in [0.5, 0.6) is 0 Å². The fourth-order valence-corrected chi connectivity index (χ4v) is 8.87. The van der Waals surface area contributed by atoms with Crippen molar-refractivity contribution in [2.75, 3.05) is 22.1 Å². The van der Waals surface area contributed by atoms with E-state index in [0.717, 1.165) is 43.7 Å². The van der Waals surface area contributed by atoms with Crippen molar-refractivity contribution in [2.24, 2.45) is 5.73 Å². The van der Waals surface area contributed by atoms with E-state index < -0.39 is 12.1 Å². The Morgan fingerprint density at radius 2 is 0.935 bits per heavy atom. The summed E-state index contributed by atoms with van der Waals surface area (Å²) in [5.41, 5.74) is 12.0. The van der Waals surface area contributed by atoms with Crippen LogP contribution in [0.2, 0.25) is 0 Å². The Balaban J connectivity index is 0.889. The van der Waals surface area contributed by atoms with Gasteiger partial charge < -0.3 is 22.1 Å². The van der Waals surface area contributed by atoms with Gasteiger partial charge in [-0.15, -0.1) is 0 Å². The first-order chi connectivity index (χ1) is 22.5. The lowest BCUT2D eigenvalue weighted by atomic mass is 9.93. The first-order valence-corrected chi connectivity index (χ1v) is 17.7. The number of anilines is 2. The van der Waals surface area contributed by atoms with Crippen LogP contribution in [0, 0.1) is 0 Å². The zero-order chi connectivity index (χ0) is 31.4. The highest BCUT2D eigenvalue weighted by Crippen LogP contribution is 2.39. The smallest absolute Gasteiger partial charge is 0.283 e. The van der Waals surface area contributed by atoms with Crippen molar-refractivity contribution in [3.8, 4) is 0 Å². The molecule has 0 saturated heterocycles. The maximum Gasteiger partial charge on any atom is 0.283 e. The van der Waals surface area contributed by atoms with Gasteiger partial charge in [0.15, 0.2) is 6.04 Å². The highest BCUT2D eigenvalue weighted by atomic mass is 33.1. The van der Waals surface area contributed by atoms with Crippen molar-refractivity contribution >= 4 is 109 Å². The van der Waals surface area contributed by atoms with Crippen molar-refractivity contribution in [1.29, 1.82) is 0 Å². The number of rotatable bonds is 9. The van der Waals surface area contributed by atoms with Gasteiger partial charge in [0.25, 0.3) is 5.91 Å². The Labute approximate surface area is 272 Å². The van der Waals surface area contributed by atoms with Crippen molar-refractivity contribution in [3.63, 3.8) is 0 Å². The summed E-state index contributed by atoms with van der Waals surface area (Å²) >= 11 is 0. The third kappa shape index (κ3) is 4.94. The van der Waals surface area contributed by atoms with Crippen LogP contribution in [0.1, 0.15) is 0 Å². The van der Waals surface area contributed by atoms with Crippen molar-refractivity contribution in [2.45, 2.75) is 12.1 Å². The number of quaternary nitrogens is 1. The number of nitrogens with one attached hydrogen (secondary N) is 2. The standard InChI is InChI=1S/C38H30N4O2S2/c39-29(37(43)41-31-17-13-25-9-7-21-3-1-5-23-11-15-27(31)35(25)33(21)23)19-45-46-20-30(40)38(44)42-32-18-14-26-10-8-22-4-2-6-24-12-16-28(32)36(26)34(22)24/h1-18,29-30H,19-20,39-40H2,(H,41,43)(H,42,44)/p+1/t29-,30-/m0/s1. The molecule has 0 fully saturated rings. The van der Waals surface area contributed by atoms with Crippen LogP contribution in [0.4, 0.5) is 11.4 Å². The van der Waals surface area contributed by atoms with Gasteiger partial charge in [-0.05, 0) is 66.0 Å². The molecule has 0 radical (unpaired) electrons. The van der Waals surface area contributed by atoms with E-state index in [0.29, 0.717) is 11.5 Å². The van der Waals surface area contributed by atoms with Gasteiger partial charge in [-0.1, -0.05) is 119 Å². The molecule has 8 aromatic carbocycles. The predicted octanol–water partition coefficient (Wildman–Crippen LogP) is 7.38. The van der Waals surface area contributed by atoms with E-state index in [2.05, 4.69) is 107 Å². The maximum atomic E-state index is 13.2.